The summed E-state index contributed by atoms with van der Waals surface area (Å²) in [6.07, 6.45) is 3.60. The van der Waals surface area contributed by atoms with Gasteiger partial charge in [0, 0.05) is 12.3 Å². The van der Waals surface area contributed by atoms with Crippen LogP contribution < -0.4 is 9.47 Å². The van der Waals surface area contributed by atoms with Crippen molar-refractivity contribution < 1.29 is 14.3 Å². The molecule has 1 fully saturated rings. The summed E-state index contributed by atoms with van der Waals surface area (Å²) >= 11 is 0. The third-order valence-electron chi connectivity index (χ3n) is 3.82. The van der Waals surface area contributed by atoms with Gasteiger partial charge in [0.1, 0.15) is 5.78 Å². The second-order valence-electron chi connectivity index (χ2n) is 5.33. The molecule has 0 heterocycles. The minimum absolute atomic E-state index is 0.179. The second kappa shape index (κ2) is 6.60. The fourth-order valence-corrected chi connectivity index (χ4v) is 2.66. The number of methoxy groups -OCH3 is 1. The van der Waals surface area contributed by atoms with Crippen LogP contribution in [-0.2, 0) is 4.79 Å². The molecule has 0 aromatic heterocycles. The minimum atomic E-state index is 0.179. The number of hydrogen-bond acceptors (Lipinski definition) is 3. The highest BCUT2D eigenvalue weighted by molar-refractivity contribution is 5.81. The number of hydrogen-bond donors (Lipinski definition) is 0. The Bertz CT molecular complexity index is 428. The molecule has 1 aliphatic rings. The Morgan fingerprint density at radius 3 is 2.74 bits per heavy atom. The van der Waals surface area contributed by atoms with E-state index < -0.39 is 0 Å². The van der Waals surface area contributed by atoms with Gasteiger partial charge < -0.3 is 9.47 Å². The van der Waals surface area contributed by atoms with Crippen LogP contribution in [-0.4, -0.2) is 19.5 Å². The van der Waals surface area contributed by atoms with Gasteiger partial charge in [-0.1, -0.05) is 19.1 Å². The number of rotatable bonds is 5. The molecular formula is C16H22O3. The van der Waals surface area contributed by atoms with Gasteiger partial charge in [0.05, 0.1) is 13.7 Å². The van der Waals surface area contributed by atoms with Crippen LogP contribution in [0.2, 0.25) is 0 Å². The molecule has 0 N–H and O–H groups in total. The maximum atomic E-state index is 11.8. The molecule has 1 saturated carbocycles. The molecule has 1 aromatic carbocycles. The van der Waals surface area contributed by atoms with Crippen molar-refractivity contribution in [1.29, 1.82) is 0 Å². The summed E-state index contributed by atoms with van der Waals surface area (Å²) in [5.41, 5.74) is 0. The van der Waals surface area contributed by atoms with E-state index in [1.807, 2.05) is 24.3 Å². The summed E-state index contributed by atoms with van der Waals surface area (Å²) in [6, 6.07) is 7.61. The van der Waals surface area contributed by atoms with E-state index in [9.17, 15) is 4.79 Å². The standard InChI is InChI=1S/C16H22O3/c1-12-7-8-14(17)13(11-12)9-10-19-16-6-4-3-5-15(16)18-2/h3-6,12-13H,7-11H2,1-2H3. The number of ether oxygens (including phenoxy) is 2. The lowest BCUT2D eigenvalue weighted by atomic mass is 9.80. The van der Waals surface area contributed by atoms with Crippen LogP contribution in [0, 0.1) is 11.8 Å². The molecule has 3 nitrogen and oxygen atoms in total. The van der Waals surface area contributed by atoms with Crippen LogP contribution >= 0.6 is 0 Å². The fraction of sp³-hybridized carbons (Fsp3) is 0.562. The maximum Gasteiger partial charge on any atom is 0.161 e. The van der Waals surface area contributed by atoms with Gasteiger partial charge >= 0.3 is 0 Å². The average molecular weight is 262 g/mol. The Labute approximate surface area is 114 Å². The van der Waals surface area contributed by atoms with E-state index in [4.69, 9.17) is 9.47 Å². The Hall–Kier alpha value is -1.51. The topological polar surface area (TPSA) is 35.5 Å². The number of Topliss-reactive ketones (excluding diaryl/α,β-unsaturated/α-hetero) is 1. The summed E-state index contributed by atoms with van der Waals surface area (Å²) in [7, 11) is 1.63. The highest BCUT2D eigenvalue weighted by Crippen LogP contribution is 2.30. The predicted octanol–water partition coefficient (Wildman–Crippen LogP) is 3.47. The lowest BCUT2D eigenvalue weighted by Gasteiger charge is -2.25. The van der Waals surface area contributed by atoms with E-state index in [1.165, 1.54) is 0 Å². The Balaban J connectivity index is 1.84. The van der Waals surface area contributed by atoms with Crippen LogP contribution in [0.1, 0.15) is 32.6 Å². The molecule has 1 aromatic rings. The molecular weight excluding hydrogens is 240 g/mol. The van der Waals surface area contributed by atoms with Crippen molar-refractivity contribution >= 4 is 5.78 Å². The smallest absolute Gasteiger partial charge is 0.161 e. The predicted molar refractivity (Wildman–Crippen MR) is 74.6 cm³/mol. The van der Waals surface area contributed by atoms with E-state index in [2.05, 4.69) is 6.92 Å². The summed E-state index contributed by atoms with van der Waals surface area (Å²) < 4.78 is 11.0. The Morgan fingerprint density at radius 2 is 2.00 bits per heavy atom. The van der Waals surface area contributed by atoms with Crippen molar-refractivity contribution in [2.75, 3.05) is 13.7 Å². The SMILES string of the molecule is COc1ccccc1OCCC1CC(C)CCC1=O. The molecule has 0 amide bonds. The Morgan fingerprint density at radius 1 is 1.26 bits per heavy atom. The number of benzene rings is 1. The van der Waals surface area contributed by atoms with Gasteiger partial charge in [-0.15, -0.1) is 0 Å². The fourth-order valence-electron chi connectivity index (χ4n) is 2.66. The first-order valence-electron chi connectivity index (χ1n) is 6.99. The zero-order chi connectivity index (χ0) is 13.7. The van der Waals surface area contributed by atoms with Gasteiger partial charge in [-0.25, -0.2) is 0 Å². The third kappa shape index (κ3) is 3.72. The normalized spacial score (nSPS) is 23.2. The van der Waals surface area contributed by atoms with E-state index in [-0.39, 0.29) is 5.92 Å². The molecule has 0 bridgehead atoms. The maximum absolute atomic E-state index is 11.8. The highest BCUT2D eigenvalue weighted by atomic mass is 16.5. The Kier molecular flexibility index (Phi) is 4.83. The first-order chi connectivity index (χ1) is 9.20. The van der Waals surface area contributed by atoms with Crippen molar-refractivity contribution in [3.63, 3.8) is 0 Å². The zero-order valence-corrected chi connectivity index (χ0v) is 11.7. The summed E-state index contributed by atoms with van der Waals surface area (Å²) in [6.45, 7) is 2.80. The van der Waals surface area contributed by atoms with E-state index in [1.54, 1.807) is 7.11 Å². The number of carbonyl (C=O) groups is 1. The average Bonchev–Trinajstić information content (AvgIpc) is 2.43. The van der Waals surface area contributed by atoms with E-state index >= 15 is 0 Å². The molecule has 2 unspecified atom stereocenters. The molecule has 2 atom stereocenters. The van der Waals surface area contributed by atoms with Gasteiger partial charge in [0.25, 0.3) is 0 Å². The molecule has 0 radical (unpaired) electrons. The van der Waals surface area contributed by atoms with Crippen LogP contribution in [0.4, 0.5) is 0 Å². The van der Waals surface area contributed by atoms with Gasteiger partial charge in [-0.05, 0) is 37.3 Å². The summed E-state index contributed by atoms with van der Waals surface area (Å²) in [5, 5.41) is 0. The number of ketones is 1. The minimum Gasteiger partial charge on any atom is -0.493 e. The first kappa shape index (κ1) is 13.9. The van der Waals surface area contributed by atoms with Crippen LogP contribution in [0.3, 0.4) is 0 Å². The largest absolute Gasteiger partial charge is 0.493 e. The molecule has 0 saturated heterocycles. The van der Waals surface area contributed by atoms with Gasteiger partial charge in [0.2, 0.25) is 0 Å². The van der Waals surface area contributed by atoms with E-state index in [0.717, 1.165) is 37.2 Å². The lowest BCUT2D eigenvalue weighted by Crippen LogP contribution is -2.25. The summed E-state index contributed by atoms with van der Waals surface area (Å²) in [4.78, 5) is 11.8. The third-order valence-corrected chi connectivity index (χ3v) is 3.82. The second-order valence-corrected chi connectivity index (χ2v) is 5.33. The van der Waals surface area contributed by atoms with Crippen molar-refractivity contribution in [3.05, 3.63) is 24.3 Å². The van der Waals surface area contributed by atoms with Crippen molar-refractivity contribution in [3.8, 4) is 11.5 Å². The molecule has 3 heteroatoms. The van der Waals surface area contributed by atoms with Crippen molar-refractivity contribution in [2.45, 2.75) is 32.6 Å². The van der Waals surface area contributed by atoms with Crippen LogP contribution in [0.15, 0.2) is 24.3 Å². The van der Waals surface area contributed by atoms with Crippen molar-refractivity contribution in [2.24, 2.45) is 11.8 Å². The zero-order valence-electron chi connectivity index (χ0n) is 11.7. The molecule has 1 aliphatic carbocycles. The summed E-state index contributed by atoms with van der Waals surface area (Å²) in [5.74, 6) is 2.74. The van der Waals surface area contributed by atoms with Crippen molar-refractivity contribution in [1.82, 2.24) is 0 Å². The monoisotopic (exact) mass is 262 g/mol. The number of carbonyl (C=O) groups excluding carboxylic acids is 1. The van der Waals surface area contributed by atoms with Gasteiger partial charge in [-0.2, -0.15) is 0 Å². The molecule has 0 aliphatic heterocycles. The van der Waals surface area contributed by atoms with Crippen LogP contribution in [0.25, 0.3) is 0 Å². The van der Waals surface area contributed by atoms with E-state index in [0.29, 0.717) is 18.3 Å². The molecule has 0 spiro atoms. The molecule has 104 valence electrons. The highest BCUT2D eigenvalue weighted by Gasteiger charge is 2.26. The first-order valence-corrected chi connectivity index (χ1v) is 6.99. The van der Waals surface area contributed by atoms with Gasteiger partial charge in [-0.3, -0.25) is 4.79 Å². The quantitative estimate of drug-likeness (QED) is 0.815. The number of para-hydroxylation sites is 2. The van der Waals surface area contributed by atoms with Crippen LogP contribution in [0.5, 0.6) is 11.5 Å². The molecule has 2 rings (SSSR count). The van der Waals surface area contributed by atoms with Gasteiger partial charge in [0.15, 0.2) is 11.5 Å². The molecule has 19 heavy (non-hydrogen) atoms. The lowest BCUT2D eigenvalue weighted by molar-refractivity contribution is -0.125.